The van der Waals surface area contributed by atoms with Gasteiger partial charge in [0.05, 0.1) is 13.3 Å². The molecule has 1 fully saturated rings. The van der Waals surface area contributed by atoms with E-state index in [1.54, 1.807) is 14.0 Å². The number of nitrogens with zero attached hydrogens (tertiary/aromatic N) is 1. The monoisotopic (exact) mass is 330 g/mol. The Morgan fingerprint density at radius 1 is 1.33 bits per heavy atom. The Balaban J connectivity index is 1.84. The minimum absolute atomic E-state index is 0.172. The number of benzene rings is 1. The number of ether oxygens (including phenoxy) is 2. The topological polar surface area (TPSA) is 73.6 Å². The Morgan fingerprint density at radius 2 is 2.08 bits per heavy atom. The summed E-state index contributed by atoms with van der Waals surface area (Å²) in [4.78, 5) is 12.4. The second-order valence-corrected chi connectivity index (χ2v) is 6.07. The van der Waals surface area contributed by atoms with Gasteiger partial charge in [-0.05, 0) is 25.8 Å². The van der Waals surface area contributed by atoms with Crippen LogP contribution in [-0.4, -0.2) is 37.9 Å². The number of rotatable bonds is 5. The Bertz CT molecular complexity index is 705. The second-order valence-electron chi connectivity index (χ2n) is 6.07. The lowest BCUT2D eigenvalue weighted by atomic mass is 9.73. The molecule has 1 aliphatic heterocycles. The maximum atomic E-state index is 12.4. The van der Waals surface area contributed by atoms with Crippen LogP contribution in [0, 0.1) is 6.92 Å². The van der Waals surface area contributed by atoms with E-state index in [4.69, 9.17) is 14.0 Å². The van der Waals surface area contributed by atoms with Crippen molar-refractivity contribution in [2.24, 2.45) is 0 Å². The van der Waals surface area contributed by atoms with Gasteiger partial charge in [0, 0.05) is 30.7 Å². The van der Waals surface area contributed by atoms with E-state index >= 15 is 0 Å². The summed E-state index contributed by atoms with van der Waals surface area (Å²) in [5.41, 5.74) is 1.38. The van der Waals surface area contributed by atoms with Gasteiger partial charge in [0.2, 0.25) is 0 Å². The van der Waals surface area contributed by atoms with E-state index in [0.29, 0.717) is 31.1 Å². The Kier molecular flexibility index (Phi) is 4.85. The number of hydrogen-bond acceptors (Lipinski definition) is 5. The fraction of sp³-hybridized carbons (Fsp3) is 0.444. The van der Waals surface area contributed by atoms with Crippen LogP contribution in [0.1, 0.15) is 34.5 Å². The number of amides is 1. The van der Waals surface area contributed by atoms with Crippen LogP contribution in [0.5, 0.6) is 5.75 Å². The lowest BCUT2D eigenvalue weighted by Crippen LogP contribution is -2.44. The van der Waals surface area contributed by atoms with E-state index < -0.39 is 0 Å². The van der Waals surface area contributed by atoms with Gasteiger partial charge < -0.3 is 19.3 Å². The smallest absolute Gasteiger partial charge is 0.256 e. The predicted molar refractivity (Wildman–Crippen MR) is 88.3 cm³/mol. The Hall–Kier alpha value is -2.34. The molecule has 0 spiro atoms. The molecular weight excluding hydrogens is 308 g/mol. The molecule has 0 atom stereocenters. The minimum Gasteiger partial charge on any atom is -0.496 e. The fourth-order valence-corrected chi connectivity index (χ4v) is 3.25. The lowest BCUT2D eigenvalue weighted by molar-refractivity contribution is 0.0479. The highest BCUT2D eigenvalue weighted by Gasteiger charge is 2.37. The molecule has 2 heterocycles. The molecule has 0 saturated carbocycles. The molecule has 0 unspecified atom stereocenters. The number of aryl methyl sites for hydroxylation is 1. The summed E-state index contributed by atoms with van der Waals surface area (Å²) in [5, 5.41) is 6.70. The number of hydrogen-bond donors (Lipinski definition) is 1. The van der Waals surface area contributed by atoms with E-state index in [1.165, 1.54) is 6.20 Å². The van der Waals surface area contributed by atoms with Gasteiger partial charge >= 0.3 is 0 Å². The SMILES string of the molecule is COc1ccccc1C1(CNC(=O)c2cnoc2C)CCOCC1. The van der Waals surface area contributed by atoms with Gasteiger partial charge in [-0.15, -0.1) is 0 Å². The maximum Gasteiger partial charge on any atom is 0.256 e. The number of carbonyl (C=O) groups excluding carboxylic acids is 1. The normalized spacial score (nSPS) is 16.6. The van der Waals surface area contributed by atoms with E-state index in [9.17, 15) is 4.79 Å². The van der Waals surface area contributed by atoms with Crippen molar-refractivity contribution in [3.63, 3.8) is 0 Å². The highest BCUT2D eigenvalue weighted by Crippen LogP contribution is 2.39. The number of carbonyl (C=O) groups is 1. The van der Waals surface area contributed by atoms with Crippen molar-refractivity contribution in [3.8, 4) is 5.75 Å². The average Bonchev–Trinajstić information content (AvgIpc) is 3.06. The molecule has 6 heteroatoms. The average molecular weight is 330 g/mol. The first-order chi connectivity index (χ1) is 11.7. The van der Waals surface area contributed by atoms with Crippen molar-refractivity contribution in [1.29, 1.82) is 0 Å². The fourth-order valence-electron chi connectivity index (χ4n) is 3.25. The molecule has 24 heavy (non-hydrogen) atoms. The van der Waals surface area contributed by atoms with Gasteiger partial charge in [0.15, 0.2) is 0 Å². The van der Waals surface area contributed by atoms with Crippen LogP contribution >= 0.6 is 0 Å². The van der Waals surface area contributed by atoms with Crippen LogP contribution in [0.4, 0.5) is 0 Å². The molecule has 0 bridgehead atoms. The van der Waals surface area contributed by atoms with Crippen LogP contribution in [0.15, 0.2) is 35.0 Å². The summed E-state index contributed by atoms with van der Waals surface area (Å²) < 4.78 is 16.1. The molecule has 128 valence electrons. The standard InChI is InChI=1S/C18H22N2O4/c1-13-14(11-20-24-13)17(21)19-12-18(7-9-23-10-8-18)15-5-3-4-6-16(15)22-2/h3-6,11H,7-10,12H2,1-2H3,(H,19,21). The van der Waals surface area contributed by atoms with Crippen LogP contribution in [0.2, 0.25) is 0 Å². The number of methoxy groups -OCH3 is 1. The number of para-hydroxylation sites is 1. The summed E-state index contributed by atoms with van der Waals surface area (Å²) in [6.07, 6.45) is 3.11. The van der Waals surface area contributed by atoms with Gasteiger partial charge in [-0.25, -0.2) is 0 Å². The van der Waals surface area contributed by atoms with Crippen molar-refractivity contribution in [1.82, 2.24) is 10.5 Å². The third kappa shape index (κ3) is 3.14. The largest absolute Gasteiger partial charge is 0.496 e. The molecule has 3 rings (SSSR count). The summed E-state index contributed by atoms with van der Waals surface area (Å²) in [5.74, 6) is 1.19. The van der Waals surface area contributed by atoms with E-state index in [0.717, 1.165) is 24.2 Å². The van der Waals surface area contributed by atoms with Crippen molar-refractivity contribution in [2.45, 2.75) is 25.2 Å². The minimum atomic E-state index is -0.203. The predicted octanol–water partition coefficient (Wildman–Crippen LogP) is 2.47. The van der Waals surface area contributed by atoms with E-state index in [2.05, 4.69) is 16.5 Å². The Morgan fingerprint density at radius 3 is 2.75 bits per heavy atom. The van der Waals surface area contributed by atoms with Crippen LogP contribution < -0.4 is 10.1 Å². The quantitative estimate of drug-likeness (QED) is 0.912. The molecular formula is C18H22N2O4. The molecule has 1 aromatic heterocycles. The summed E-state index contributed by atoms with van der Waals surface area (Å²) in [7, 11) is 1.67. The molecule has 1 aliphatic rings. The van der Waals surface area contributed by atoms with Crippen LogP contribution in [0.3, 0.4) is 0 Å². The zero-order chi connectivity index (χ0) is 17.0. The zero-order valence-corrected chi connectivity index (χ0v) is 14.0. The van der Waals surface area contributed by atoms with Crippen LogP contribution in [0.25, 0.3) is 0 Å². The van der Waals surface area contributed by atoms with Crippen molar-refractivity contribution < 1.29 is 18.8 Å². The first-order valence-corrected chi connectivity index (χ1v) is 8.07. The number of aromatic nitrogens is 1. The molecule has 1 aromatic carbocycles. The molecule has 1 amide bonds. The highest BCUT2D eigenvalue weighted by molar-refractivity contribution is 5.94. The number of nitrogens with one attached hydrogen (secondary N) is 1. The third-order valence-corrected chi connectivity index (χ3v) is 4.71. The third-order valence-electron chi connectivity index (χ3n) is 4.71. The van der Waals surface area contributed by atoms with Crippen molar-refractivity contribution in [2.75, 3.05) is 26.9 Å². The van der Waals surface area contributed by atoms with Crippen molar-refractivity contribution >= 4 is 5.91 Å². The first kappa shape index (κ1) is 16.5. The molecule has 6 nitrogen and oxygen atoms in total. The van der Waals surface area contributed by atoms with Crippen molar-refractivity contribution in [3.05, 3.63) is 47.3 Å². The van der Waals surface area contributed by atoms with Gasteiger partial charge in [0.1, 0.15) is 17.1 Å². The summed E-state index contributed by atoms with van der Waals surface area (Å²) >= 11 is 0. The van der Waals surface area contributed by atoms with Crippen LogP contribution in [-0.2, 0) is 10.2 Å². The maximum absolute atomic E-state index is 12.4. The lowest BCUT2D eigenvalue weighted by Gasteiger charge is -2.38. The van der Waals surface area contributed by atoms with E-state index in [-0.39, 0.29) is 11.3 Å². The summed E-state index contributed by atoms with van der Waals surface area (Å²) in [6, 6.07) is 7.98. The molecule has 0 aliphatic carbocycles. The summed E-state index contributed by atoms with van der Waals surface area (Å²) in [6.45, 7) is 3.58. The van der Waals surface area contributed by atoms with Gasteiger partial charge in [0.25, 0.3) is 5.91 Å². The molecule has 1 saturated heterocycles. The first-order valence-electron chi connectivity index (χ1n) is 8.07. The molecule has 0 radical (unpaired) electrons. The molecule has 2 aromatic rings. The zero-order valence-electron chi connectivity index (χ0n) is 14.0. The second kappa shape index (κ2) is 7.05. The molecule has 1 N–H and O–H groups in total. The van der Waals surface area contributed by atoms with E-state index in [1.807, 2.05) is 18.2 Å². The van der Waals surface area contributed by atoms with Gasteiger partial charge in [-0.3, -0.25) is 4.79 Å². The highest BCUT2D eigenvalue weighted by atomic mass is 16.5. The Labute approximate surface area is 141 Å². The van der Waals surface area contributed by atoms with Gasteiger partial charge in [-0.2, -0.15) is 0 Å². The van der Waals surface area contributed by atoms with Gasteiger partial charge in [-0.1, -0.05) is 23.4 Å².